The predicted octanol–water partition coefficient (Wildman–Crippen LogP) is 5.93. The normalized spacial score (nSPS) is 18.9. The molecule has 2 aromatic rings. The smallest absolute Gasteiger partial charge is 0.257 e. The van der Waals surface area contributed by atoms with Gasteiger partial charge < -0.3 is 10.4 Å². The fraction of sp³-hybridized carbons (Fsp3) is 0.448. The van der Waals surface area contributed by atoms with Gasteiger partial charge in [0.25, 0.3) is 5.91 Å². The summed E-state index contributed by atoms with van der Waals surface area (Å²) in [5.74, 6) is 2.31. The molecule has 0 unspecified atom stereocenters. The fourth-order valence-electron chi connectivity index (χ4n) is 5.59. The minimum atomic E-state index is -2.20. The molecule has 0 heterocycles. The second-order valence-electron chi connectivity index (χ2n) is 10.6. The van der Waals surface area contributed by atoms with E-state index in [2.05, 4.69) is 63.6 Å². The van der Waals surface area contributed by atoms with E-state index < -0.39 is 25.5 Å². The number of rotatable bonds is 7. The van der Waals surface area contributed by atoms with Gasteiger partial charge in [-0.2, -0.15) is 0 Å². The van der Waals surface area contributed by atoms with Crippen LogP contribution in [0.1, 0.15) is 63.9 Å². The minimum Gasteiger partial charge on any atom is -0.393 e. The molecule has 0 saturated heterocycles. The molecule has 3 atom stereocenters. The minimum absolute atomic E-state index is 0.0476. The second-order valence-corrected chi connectivity index (χ2v) is 16.6. The maximum absolute atomic E-state index is 15.4. The van der Waals surface area contributed by atoms with Gasteiger partial charge in [-0.15, -0.1) is 5.54 Å². The average molecular weight is 525 g/mol. The predicted molar refractivity (Wildman–Crippen MR) is 151 cm³/mol. The zero-order valence-corrected chi connectivity index (χ0v) is 23.7. The van der Waals surface area contributed by atoms with Crippen LogP contribution in [0.15, 0.2) is 54.6 Å². The van der Waals surface area contributed by atoms with E-state index in [1.807, 2.05) is 6.07 Å². The van der Waals surface area contributed by atoms with Crippen molar-refractivity contribution >= 4 is 31.3 Å². The van der Waals surface area contributed by atoms with Crippen LogP contribution in [0.25, 0.3) is 0 Å². The van der Waals surface area contributed by atoms with Crippen LogP contribution in [0.4, 0.5) is 4.39 Å². The molecule has 0 bridgehead atoms. The number of hydrogen-bond donors (Lipinski definition) is 3. The third-order valence-electron chi connectivity index (χ3n) is 7.53. The summed E-state index contributed by atoms with van der Waals surface area (Å²) in [6.45, 7) is 13.3. The van der Waals surface area contributed by atoms with Crippen LogP contribution in [0.5, 0.6) is 0 Å². The third-order valence-corrected chi connectivity index (χ3v) is 14.0. The molecular formula is C29H37FN2O2SSi. The quantitative estimate of drug-likeness (QED) is 0.239. The highest BCUT2D eigenvalue weighted by Crippen LogP contribution is 2.48. The van der Waals surface area contributed by atoms with Gasteiger partial charge in [0.1, 0.15) is 19.4 Å². The molecule has 192 valence electrons. The summed E-state index contributed by atoms with van der Waals surface area (Å²) in [5, 5.41) is 16.6. The molecule has 0 aliphatic heterocycles. The van der Waals surface area contributed by atoms with Crippen LogP contribution >= 0.6 is 12.2 Å². The Hall–Kier alpha value is -2.53. The van der Waals surface area contributed by atoms with Gasteiger partial charge in [0, 0.05) is 17.0 Å². The van der Waals surface area contributed by atoms with Crippen molar-refractivity contribution in [3.8, 4) is 11.5 Å². The Balaban J connectivity index is 2.13. The van der Waals surface area contributed by atoms with Crippen molar-refractivity contribution in [2.45, 2.75) is 76.2 Å². The SMILES string of the molecule is CC(C)[Si](C#C[C@@](NC(=S)NC(=O)c1ccccc1)(c1ccccc1F)[C@H]1C[C@H]1O)(C(C)C)C(C)C. The number of aliphatic hydroxyl groups excluding tert-OH is 1. The maximum Gasteiger partial charge on any atom is 0.257 e. The molecule has 1 amide bonds. The van der Waals surface area contributed by atoms with Gasteiger partial charge in [0.15, 0.2) is 5.11 Å². The first-order valence-electron chi connectivity index (χ1n) is 12.6. The number of thiocarbonyl (C=S) groups is 1. The Bertz CT molecular complexity index is 1140. The van der Waals surface area contributed by atoms with Gasteiger partial charge in [0.05, 0.1) is 6.10 Å². The van der Waals surface area contributed by atoms with Crippen LogP contribution in [-0.2, 0) is 5.54 Å². The number of carbonyl (C=O) groups excluding carboxylic acids is 1. The van der Waals surface area contributed by atoms with E-state index in [4.69, 9.17) is 12.2 Å². The molecule has 4 nitrogen and oxygen atoms in total. The van der Waals surface area contributed by atoms with Gasteiger partial charge in [0.2, 0.25) is 0 Å². The zero-order chi connectivity index (χ0) is 26.7. The first-order valence-corrected chi connectivity index (χ1v) is 15.3. The van der Waals surface area contributed by atoms with Crippen LogP contribution in [0.3, 0.4) is 0 Å². The summed E-state index contributed by atoms with van der Waals surface area (Å²) in [6, 6.07) is 15.2. The highest BCUT2D eigenvalue weighted by atomic mass is 32.1. The number of benzene rings is 2. The van der Waals surface area contributed by atoms with Crippen LogP contribution in [-0.4, -0.2) is 30.3 Å². The molecule has 0 spiro atoms. The van der Waals surface area contributed by atoms with E-state index in [1.165, 1.54) is 6.07 Å². The molecule has 7 heteroatoms. The highest BCUT2D eigenvalue weighted by molar-refractivity contribution is 7.80. The van der Waals surface area contributed by atoms with E-state index in [-0.39, 0.29) is 16.9 Å². The molecule has 1 aliphatic rings. The number of aliphatic hydroxyl groups is 1. The molecule has 1 aliphatic carbocycles. The first-order chi connectivity index (χ1) is 17.0. The number of amides is 1. The van der Waals surface area contributed by atoms with E-state index in [9.17, 15) is 9.90 Å². The zero-order valence-electron chi connectivity index (χ0n) is 21.9. The maximum atomic E-state index is 15.4. The monoisotopic (exact) mass is 524 g/mol. The molecule has 1 fully saturated rings. The van der Waals surface area contributed by atoms with Crippen molar-refractivity contribution in [1.29, 1.82) is 0 Å². The molecule has 3 rings (SSSR count). The summed E-state index contributed by atoms with van der Waals surface area (Å²) >= 11 is 5.57. The Labute approximate surface area is 221 Å². The van der Waals surface area contributed by atoms with Gasteiger partial charge in [-0.05, 0) is 53.5 Å². The van der Waals surface area contributed by atoms with Crippen LogP contribution in [0, 0.1) is 23.2 Å². The van der Waals surface area contributed by atoms with Gasteiger partial charge in [-0.25, -0.2) is 4.39 Å². The largest absolute Gasteiger partial charge is 0.393 e. The fourth-order valence-corrected chi connectivity index (χ4v) is 11.1. The summed E-state index contributed by atoms with van der Waals surface area (Å²) in [5.41, 5.74) is 4.34. The lowest BCUT2D eigenvalue weighted by atomic mass is 9.85. The Morgan fingerprint density at radius 2 is 1.56 bits per heavy atom. The van der Waals surface area contributed by atoms with E-state index in [0.717, 1.165) is 0 Å². The molecule has 2 aromatic carbocycles. The Morgan fingerprint density at radius 3 is 2.06 bits per heavy atom. The number of halogens is 1. The summed E-state index contributed by atoms with van der Waals surface area (Å²) in [6.07, 6.45) is -0.183. The van der Waals surface area contributed by atoms with Gasteiger partial charge >= 0.3 is 0 Å². The molecule has 0 radical (unpaired) electrons. The molecule has 1 saturated carbocycles. The Kier molecular flexibility index (Phi) is 8.76. The summed E-state index contributed by atoms with van der Waals surface area (Å²) in [7, 11) is -2.20. The number of carbonyl (C=O) groups is 1. The second kappa shape index (κ2) is 11.2. The van der Waals surface area contributed by atoms with Crippen molar-refractivity contribution in [2.75, 3.05) is 0 Å². The lowest BCUT2D eigenvalue weighted by molar-refractivity contribution is 0.0976. The van der Waals surface area contributed by atoms with Crippen LogP contribution < -0.4 is 10.6 Å². The number of nitrogens with one attached hydrogen (secondary N) is 2. The standard InChI is InChI=1S/C29H37FN2O2SSi/c1-19(2)36(20(3)4,21(5)6)17-16-29(24-18-26(24)33,23-14-10-11-15-25(23)30)32-28(35)31-27(34)22-12-8-7-9-13-22/h7-15,19-21,24,26,33H,18H2,1-6H3,(H2,31,32,34,35)/t24-,26+,29+/m0/s1. The van der Waals surface area contributed by atoms with Crippen molar-refractivity contribution in [2.24, 2.45) is 5.92 Å². The van der Waals surface area contributed by atoms with Crippen LogP contribution in [0.2, 0.25) is 16.6 Å². The summed E-state index contributed by atoms with van der Waals surface area (Å²) in [4.78, 5) is 12.8. The van der Waals surface area contributed by atoms with E-state index in [1.54, 1.807) is 42.5 Å². The number of hydrogen-bond acceptors (Lipinski definition) is 3. The summed E-state index contributed by atoms with van der Waals surface area (Å²) < 4.78 is 15.4. The molecule has 36 heavy (non-hydrogen) atoms. The molecule has 0 aromatic heterocycles. The van der Waals surface area contributed by atoms with Crippen molar-refractivity contribution in [1.82, 2.24) is 10.6 Å². The average Bonchev–Trinajstić information content (AvgIpc) is 3.56. The van der Waals surface area contributed by atoms with Crippen molar-refractivity contribution in [3.05, 3.63) is 71.5 Å². The van der Waals surface area contributed by atoms with E-state index in [0.29, 0.717) is 34.2 Å². The topological polar surface area (TPSA) is 61.4 Å². The molecular weight excluding hydrogens is 487 g/mol. The van der Waals surface area contributed by atoms with E-state index >= 15 is 4.39 Å². The van der Waals surface area contributed by atoms with Gasteiger partial charge in [-0.3, -0.25) is 10.1 Å². The highest BCUT2D eigenvalue weighted by Gasteiger charge is 2.55. The first kappa shape index (κ1) is 28.0. The van der Waals surface area contributed by atoms with Crippen molar-refractivity contribution < 1.29 is 14.3 Å². The lowest BCUT2D eigenvalue weighted by Gasteiger charge is -2.39. The molecule has 3 N–H and O–H groups in total. The lowest BCUT2D eigenvalue weighted by Crippen LogP contribution is -2.53. The Morgan fingerprint density at radius 1 is 1.03 bits per heavy atom. The van der Waals surface area contributed by atoms with Gasteiger partial charge in [-0.1, -0.05) is 83.9 Å². The third kappa shape index (κ3) is 5.56. The van der Waals surface area contributed by atoms with Crippen molar-refractivity contribution in [3.63, 3.8) is 0 Å².